The number of rotatable bonds is 7. The summed E-state index contributed by atoms with van der Waals surface area (Å²) in [5.74, 6) is -0.105. The summed E-state index contributed by atoms with van der Waals surface area (Å²) >= 11 is 0. The van der Waals surface area contributed by atoms with E-state index >= 15 is 0 Å². The zero-order chi connectivity index (χ0) is 21.3. The Morgan fingerprint density at radius 1 is 1.03 bits per heavy atom. The van der Waals surface area contributed by atoms with Gasteiger partial charge in [-0.1, -0.05) is 36.4 Å². The Morgan fingerprint density at radius 3 is 2.50 bits per heavy atom. The number of benzene rings is 3. The molecule has 0 atom stereocenters. The summed E-state index contributed by atoms with van der Waals surface area (Å²) in [5.41, 5.74) is 5.11. The SMILES string of the molecule is Cc1cccc(N(CCCC(=O)Nc2ccc3c4c(cccc24)CC3)S(C)(=O)=O)c1. The maximum Gasteiger partial charge on any atom is 0.232 e. The Bertz CT molecular complexity index is 1210. The van der Waals surface area contributed by atoms with Crippen LogP contribution in [-0.4, -0.2) is 27.1 Å². The van der Waals surface area contributed by atoms with Crippen molar-refractivity contribution in [2.45, 2.75) is 32.6 Å². The van der Waals surface area contributed by atoms with Crippen LogP contribution < -0.4 is 9.62 Å². The number of carbonyl (C=O) groups is 1. The van der Waals surface area contributed by atoms with Crippen LogP contribution in [0.1, 0.15) is 29.5 Å². The number of nitrogens with zero attached hydrogens (tertiary/aromatic N) is 1. The van der Waals surface area contributed by atoms with Crippen LogP contribution in [0, 0.1) is 6.92 Å². The molecule has 1 amide bonds. The predicted octanol–water partition coefficient (Wildman–Crippen LogP) is 4.43. The van der Waals surface area contributed by atoms with Gasteiger partial charge in [0.1, 0.15) is 0 Å². The molecule has 0 saturated heterocycles. The molecule has 0 bridgehead atoms. The van der Waals surface area contributed by atoms with Crippen molar-refractivity contribution in [3.63, 3.8) is 0 Å². The molecule has 0 spiro atoms. The van der Waals surface area contributed by atoms with Crippen LogP contribution in [0.5, 0.6) is 0 Å². The van der Waals surface area contributed by atoms with Gasteiger partial charge in [0.15, 0.2) is 0 Å². The second-order valence-corrected chi connectivity index (χ2v) is 9.84. The Labute approximate surface area is 177 Å². The van der Waals surface area contributed by atoms with Crippen LogP contribution >= 0.6 is 0 Å². The lowest BCUT2D eigenvalue weighted by atomic mass is 10.0. The van der Waals surface area contributed by atoms with Crippen molar-refractivity contribution in [3.05, 3.63) is 71.3 Å². The number of aryl methyl sites for hydroxylation is 3. The lowest BCUT2D eigenvalue weighted by Crippen LogP contribution is -2.31. The van der Waals surface area contributed by atoms with Gasteiger partial charge in [-0.25, -0.2) is 8.42 Å². The van der Waals surface area contributed by atoms with Crippen LogP contribution in [0.4, 0.5) is 11.4 Å². The van der Waals surface area contributed by atoms with Gasteiger partial charge in [0.2, 0.25) is 15.9 Å². The number of sulfonamides is 1. The highest BCUT2D eigenvalue weighted by molar-refractivity contribution is 7.92. The van der Waals surface area contributed by atoms with Crippen LogP contribution in [0.2, 0.25) is 0 Å². The van der Waals surface area contributed by atoms with E-state index in [2.05, 4.69) is 17.4 Å². The van der Waals surface area contributed by atoms with E-state index in [1.165, 1.54) is 27.1 Å². The highest BCUT2D eigenvalue weighted by Crippen LogP contribution is 2.35. The number of hydrogen-bond donors (Lipinski definition) is 1. The van der Waals surface area contributed by atoms with E-state index in [9.17, 15) is 13.2 Å². The van der Waals surface area contributed by atoms with Crippen molar-refractivity contribution >= 4 is 38.1 Å². The number of nitrogens with one attached hydrogen (secondary N) is 1. The summed E-state index contributed by atoms with van der Waals surface area (Å²) in [5, 5.41) is 5.36. The molecule has 156 valence electrons. The molecule has 0 fully saturated rings. The quantitative estimate of drug-likeness (QED) is 0.612. The van der Waals surface area contributed by atoms with Gasteiger partial charge in [-0.15, -0.1) is 0 Å². The highest BCUT2D eigenvalue weighted by Gasteiger charge is 2.19. The van der Waals surface area contributed by atoms with E-state index in [0.29, 0.717) is 12.1 Å². The number of anilines is 2. The summed E-state index contributed by atoms with van der Waals surface area (Å²) in [4.78, 5) is 12.6. The number of hydrogen-bond acceptors (Lipinski definition) is 3. The Kier molecular flexibility index (Phi) is 5.52. The van der Waals surface area contributed by atoms with Crippen molar-refractivity contribution in [1.29, 1.82) is 0 Å². The predicted molar refractivity (Wildman–Crippen MR) is 123 cm³/mol. The first-order valence-electron chi connectivity index (χ1n) is 10.2. The molecule has 0 aliphatic heterocycles. The van der Waals surface area contributed by atoms with Gasteiger partial charge in [-0.05, 0) is 66.5 Å². The number of carbonyl (C=O) groups excluding carboxylic acids is 1. The lowest BCUT2D eigenvalue weighted by molar-refractivity contribution is -0.116. The van der Waals surface area contributed by atoms with Crippen LogP contribution in [0.25, 0.3) is 10.8 Å². The average Bonchev–Trinajstić information content (AvgIpc) is 3.11. The third-order valence-corrected chi connectivity index (χ3v) is 6.80. The van der Waals surface area contributed by atoms with Crippen molar-refractivity contribution in [3.8, 4) is 0 Å². The fourth-order valence-electron chi connectivity index (χ4n) is 4.22. The second-order valence-electron chi connectivity index (χ2n) is 7.94. The Hall–Kier alpha value is -2.86. The molecule has 0 saturated carbocycles. The van der Waals surface area contributed by atoms with E-state index in [4.69, 9.17) is 0 Å². The summed E-state index contributed by atoms with van der Waals surface area (Å²) in [6.07, 6.45) is 3.98. The third kappa shape index (κ3) is 4.19. The van der Waals surface area contributed by atoms with E-state index in [1.807, 2.05) is 43.3 Å². The number of amides is 1. The van der Waals surface area contributed by atoms with E-state index in [-0.39, 0.29) is 18.9 Å². The molecule has 3 aromatic carbocycles. The third-order valence-electron chi connectivity index (χ3n) is 5.61. The van der Waals surface area contributed by atoms with Gasteiger partial charge in [-0.2, -0.15) is 0 Å². The first kappa shape index (κ1) is 20.4. The minimum absolute atomic E-state index is 0.105. The molecule has 0 aromatic heterocycles. The van der Waals surface area contributed by atoms with Crippen molar-refractivity contribution < 1.29 is 13.2 Å². The van der Waals surface area contributed by atoms with Gasteiger partial charge in [0.25, 0.3) is 0 Å². The minimum atomic E-state index is -3.42. The molecule has 0 radical (unpaired) electrons. The van der Waals surface area contributed by atoms with Crippen molar-refractivity contribution in [2.24, 2.45) is 0 Å². The largest absolute Gasteiger partial charge is 0.326 e. The van der Waals surface area contributed by atoms with Crippen LogP contribution in [-0.2, 0) is 27.7 Å². The first-order chi connectivity index (χ1) is 14.3. The van der Waals surface area contributed by atoms with Crippen molar-refractivity contribution in [1.82, 2.24) is 0 Å². The lowest BCUT2D eigenvalue weighted by Gasteiger charge is -2.22. The maximum atomic E-state index is 12.6. The molecule has 1 N–H and O–H groups in total. The molecule has 30 heavy (non-hydrogen) atoms. The minimum Gasteiger partial charge on any atom is -0.326 e. The monoisotopic (exact) mass is 422 g/mol. The summed E-state index contributed by atoms with van der Waals surface area (Å²) in [6.45, 7) is 2.19. The summed E-state index contributed by atoms with van der Waals surface area (Å²) in [6, 6.07) is 17.7. The molecular formula is C24H26N2O3S. The standard InChI is InChI=1S/C24H26N2O3S/c1-17-6-3-8-20(16-17)26(30(2,28)29)15-5-10-23(27)25-22-14-13-19-12-11-18-7-4-9-21(22)24(18)19/h3-4,6-9,13-14,16H,5,10-12,15H2,1-2H3,(H,25,27). The molecule has 0 unspecified atom stereocenters. The first-order valence-corrected chi connectivity index (χ1v) is 12.1. The average molecular weight is 423 g/mol. The van der Waals surface area contributed by atoms with Gasteiger partial charge >= 0.3 is 0 Å². The second kappa shape index (κ2) is 8.11. The van der Waals surface area contributed by atoms with Gasteiger partial charge < -0.3 is 5.32 Å². The maximum absolute atomic E-state index is 12.6. The van der Waals surface area contributed by atoms with Crippen LogP contribution in [0.3, 0.4) is 0 Å². The summed E-state index contributed by atoms with van der Waals surface area (Å²) in [7, 11) is -3.42. The van der Waals surface area contributed by atoms with Crippen molar-refractivity contribution in [2.75, 3.05) is 22.4 Å². The zero-order valence-corrected chi connectivity index (χ0v) is 18.1. The van der Waals surface area contributed by atoms with Gasteiger partial charge in [0, 0.05) is 24.0 Å². The van der Waals surface area contributed by atoms with Gasteiger partial charge in [0.05, 0.1) is 11.9 Å². The molecule has 0 heterocycles. The van der Waals surface area contributed by atoms with Gasteiger partial charge in [-0.3, -0.25) is 9.10 Å². The van der Waals surface area contributed by atoms with E-state index in [1.54, 1.807) is 6.07 Å². The Balaban J connectivity index is 1.43. The zero-order valence-electron chi connectivity index (χ0n) is 17.3. The topological polar surface area (TPSA) is 66.5 Å². The fraction of sp³-hybridized carbons (Fsp3) is 0.292. The van der Waals surface area contributed by atoms with E-state index in [0.717, 1.165) is 29.5 Å². The molecule has 6 heteroatoms. The van der Waals surface area contributed by atoms with Crippen LogP contribution in [0.15, 0.2) is 54.6 Å². The molecular weight excluding hydrogens is 396 g/mol. The molecule has 3 aromatic rings. The van der Waals surface area contributed by atoms with E-state index < -0.39 is 10.0 Å². The molecule has 1 aliphatic carbocycles. The smallest absolute Gasteiger partial charge is 0.232 e. The summed E-state index contributed by atoms with van der Waals surface area (Å²) < 4.78 is 25.9. The molecule has 1 aliphatic rings. The molecule has 4 rings (SSSR count). The normalized spacial score (nSPS) is 12.9. The fourth-order valence-corrected chi connectivity index (χ4v) is 5.18. The Morgan fingerprint density at radius 2 is 1.77 bits per heavy atom. The molecule has 5 nitrogen and oxygen atoms in total. The highest BCUT2D eigenvalue weighted by atomic mass is 32.2.